The number of nitrogens with one attached hydrogen (secondary N) is 1. The van der Waals surface area contributed by atoms with Crippen LogP contribution in [0.1, 0.15) is 22.4 Å². The molecule has 1 saturated heterocycles. The fourth-order valence-electron chi connectivity index (χ4n) is 1.77. The third-order valence-electron chi connectivity index (χ3n) is 2.79. The fourth-order valence-corrected chi connectivity index (χ4v) is 3.49. The molecule has 0 spiro atoms. The smallest absolute Gasteiger partial charge is 0.355 e. The minimum Gasteiger partial charge on any atom is -0.476 e. The molecule has 19 heavy (non-hydrogen) atoms. The van der Waals surface area contributed by atoms with Gasteiger partial charge < -0.3 is 15.3 Å². The number of urea groups is 1. The molecule has 2 heterocycles. The Labute approximate surface area is 119 Å². The Bertz CT molecular complexity index is 478. The second kappa shape index (κ2) is 6.25. The molecule has 2 N–H and O–H groups in total. The zero-order chi connectivity index (χ0) is 13.8. The molecule has 1 aromatic heterocycles. The molecule has 1 unspecified atom stereocenters. The summed E-state index contributed by atoms with van der Waals surface area (Å²) >= 11 is 3.09. The number of rotatable bonds is 3. The minimum absolute atomic E-state index is 0.0250. The van der Waals surface area contributed by atoms with E-state index in [0.717, 1.165) is 18.1 Å². The Kier molecular flexibility index (Phi) is 4.65. The number of hydrogen-bond acceptors (Lipinski definition) is 5. The summed E-state index contributed by atoms with van der Waals surface area (Å²) in [6, 6.07) is 0.115. The zero-order valence-electron chi connectivity index (χ0n) is 10.5. The van der Waals surface area contributed by atoms with Gasteiger partial charge in [-0.05, 0) is 6.92 Å². The maximum atomic E-state index is 12.0. The van der Waals surface area contributed by atoms with Crippen LogP contribution in [-0.2, 0) is 6.54 Å². The number of hydrogen-bond donors (Lipinski definition) is 2. The lowest BCUT2D eigenvalue weighted by atomic mass is 10.3. The average Bonchev–Trinajstić information content (AvgIpc) is 2.85. The zero-order valence-corrected chi connectivity index (χ0v) is 12.1. The maximum Gasteiger partial charge on any atom is 0.355 e. The van der Waals surface area contributed by atoms with Crippen molar-refractivity contribution in [1.29, 1.82) is 0 Å². The van der Waals surface area contributed by atoms with Gasteiger partial charge in [-0.25, -0.2) is 14.6 Å². The molecule has 2 rings (SSSR count). The van der Waals surface area contributed by atoms with E-state index in [1.54, 1.807) is 0 Å². The fraction of sp³-hybridized carbons (Fsp3) is 0.545. The van der Waals surface area contributed by atoms with Crippen LogP contribution in [0.25, 0.3) is 0 Å². The molecule has 0 radical (unpaired) electrons. The average molecular weight is 301 g/mol. The Morgan fingerprint density at radius 1 is 1.63 bits per heavy atom. The van der Waals surface area contributed by atoms with Gasteiger partial charge >= 0.3 is 12.0 Å². The monoisotopic (exact) mass is 301 g/mol. The highest BCUT2D eigenvalue weighted by atomic mass is 32.2. The summed E-state index contributed by atoms with van der Waals surface area (Å²) in [5, 5.41) is 13.6. The van der Waals surface area contributed by atoms with Gasteiger partial charge in [-0.3, -0.25) is 0 Å². The number of carboxylic acid groups (broad SMARTS) is 1. The molecular formula is C11H15N3O3S2. The predicted molar refractivity (Wildman–Crippen MR) is 74.8 cm³/mol. The van der Waals surface area contributed by atoms with Crippen LogP contribution in [-0.4, -0.2) is 51.1 Å². The molecule has 8 heteroatoms. The van der Waals surface area contributed by atoms with Crippen molar-refractivity contribution in [3.63, 3.8) is 0 Å². The molecule has 0 bridgehead atoms. The van der Waals surface area contributed by atoms with E-state index in [1.807, 2.05) is 23.6 Å². The normalized spacial score (nSPS) is 19.2. The van der Waals surface area contributed by atoms with Gasteiger partial charge in [0.15, 0.2) is 5.69 Å². The highest BCUT2D eigenvalue weighted by molar-refractivity contribution is 7.99. The van der Waals surface area contributed by atoms with Crippen molar-refractivity contribution < 1.29 is 14.7 Å². The summed E-state index contributed by atoms with van der Waals surface area (Å²) in [7, 11) is 0. The van der Waals surface area contributed by atoms with Crippen molar-refractivity contribution in [3.8, 4) is 0 Å². The third-order valence-corrected chi connectivity index (χ3v) is 4.83. The summed E-state index contributed by atoms with van der Waals surface area (Å²) < 4.78 is 0. The minimum atomic E-state index is -1.05. The van der Waals surface area contributed by atoms with Crippen LogP contribution in [0.4, 0.5) is 4.79 Å². The van der Waals surface area contributed by atoms with E-state index in [1.165, 1.54) is 16.7 Å². The standard InChI is InChI=1S/C11H15N3O3S2/c1-7-5-18-3-2-14(7)11(17)12-4-9-13-8(6-19-9)10(15)16/h6-7H,2-5H2,1H3,(H,12,17)(H,15,16). The lowest BCUT2D eigenvalue weighted by molar-refractivity contribution is 0.0691. The SMILES string of the molecule is CC1CSCCN1C(=O)NCc1nc(C(=O)O)cs1. The number of carboxylic acids is 1. The molecular weight excluding hydrogens is 286 g/mol. The summed E-state index contributed by atoms with van der Waals surface area (Å²) in [5.41, 5.74) is 0.0250. The maximum absolute atomic E-state index is 12.0. The van der Waals surface area contributed by atoms with E-state index in [4.69, 9.17) is 5.11 Å². The number of thiazole rings is 1. The highest BCUT2D eigenvalue weighted by Crippen LogP contribution is 2.16. The van der Waals surface area contributed by atoms with Crippen LogP contribution < -0.4 is 5.32 Å². The lowest BCUT2D eigenvalue weighted by Crippen LogP contribution is -2.49. The van der Waals surface area contributed by atoms with Crippen LogP contribution in [0.3, 0.4) is 0 Å². The first-order chi connectivity index (χ1) is 9.08. The van der Waals surface area contributed by atoms with Crippen molar-refractivity contribution in [2.75, 3.05) is 18.1 Å². The first-order valence-corrected chi connectivity index (χ1v) is 7.91. The van der Waals surface area contributed by atoms with Crippen LogP contribution in [0, 0.1) is 0 Å². The molecule has 6 nitrogen and oxygen atoms in total. The molecule has 0 saturated carbocycles. The summed E-state index contributed by atoms with van der Waals surface area (Å²) in [5.74, 6) is 0.863. The Morgan fingerprint density at radius 2 is 2.42 bits per heavy atom. The quantitative estimate of drug-likeness (QED) is 0.884. The molecule has 104 valence electrons. The van der Waals surface area contributed by atoms with Crippen LogP contribution in [0.5, 0.6) is 0 Å². The molecule has 1 aliphatic rings. The van der Waals surface area contributed by atoms with Crippen molar-refractivity contribution in [1.82, 2.24) is 15.2 Å². The van der Waals surface area contributed by atoms with E-state index < -0.39 is 5.97 Å². The van der Waals surface area contributed by atoms with Gasteiger partial charge in [0.05, 0.1) is 6.54 Å². The highest BCUT2D eigenvalue weighted by Gasteiger charge is 2.23. The molecule has 1 aromatic rings. The van der Waals surface area contributed by atoms with Gasteiger partial charge in [-0.15, -0.1) is 11.3 Å². The van der Waals surface area contributed by atoms with Crippen molar-refractivity contribution in [3.05, 3.63) is 16.1 Å². The number of amides is 2. The third kappa shape index (κ3) is 3.60. The van der Waals surface area contributed by atoms with Gasteiger partial charge in [0, 0.05) is 29.5 Å². The van der Waals surface area contributed by atoms with Crippen LogP contribution in [0.2, 0.25) is 0 Å². The second-order valence-electron chi connectivity index (χ2n) is 4.21. The number of carbonyl (C=O) groups is 2. The second-order valence-corrected chi connectivity index (χ2v) is 6.30. The first-order valence-electron chi connectivity index (χ1n) is 5.88. The van der Waals surface area contributed by atoms with E-state index >= 15 is 0 Å². The molecule has 1 aliphatic heterocycles. The van der Waals surface area contributed by atoms with E-state index in [-0.39, 0.29) is 24.3 Å². The van der Waals surface area contributed by atoms with Crippen LogP contribution in [0.15, 0.2) is 5.38 Å². The molecule has 0 aromatic carbocycles. The van der Waals surface area contributed by atoms with E-state index in [0.29, 0.717) is 5.01 Å². The topological polar surface area (TPSA) is 82.5 Å². The largest absolute Gasteiger partial charge is 0.476 e. The number of carbonyl (C=O) groups excluding carboxylic acids is 1. The van der Waals surface area contributed by atoms with Gasteiger partial charge in [0.2, 0.25) is 0 Å². The van der Waals surface area contributed by atoms with Gasteiger partial charge in [-0.2, -0.15) is 11.8 Å². The molecule has 1 atom stereocenters. The van der Waals surface area contributed by atoms with Crippen molar-refractivity contribution in [2.24, 2.45) is 0 Å². The van der Waals surface area contributed by atoms with E-state index in [9.17, 15) is 9.59 Å². The summed E-state index contributed by atoms with van der Waals surface area (Å²) in [4.78, 5) is 28.4. The van der Waals surface area contributed by atoms with Crippen molar-refractivity contribution in [2.45, 2.75) is 19.5 Å². The number of aromatic nitrogens is 1. The van der Waals surface area contributed by atoms with Crippen molar-refractivity contribution >= 4 is 35.1 Å². The first kappa shape index (κ1) is 14.1. The lowest BCUT2D eigenvalue weighted by Gasteiger charge is -2.32. The van der Waals surface area contributed by atoms with Gasteiger partial charge in [0.1, 0.15) is 5.01 Å². The van der Waals surface area contributed by atoms with Crippen LogP contribution >= 0.6 is 23.1 Å². The number of nitrogens with zero attached hydrogens (tertiary/aromatic N) is 2. The summed E-state index contributed by atoms with van der Waals surface area (Å²) in [6.07, 6.45) is 0. The molecule has 0 aliphatic carbocycles. The number of thioether (sulfide) groups is 1. The Hall–Kier alpha value is -1.28. The Morgan fingerprint density at radius 3 is 3.05 bits per heavy atom. The van der Waals surface area contributed by atoms with E-state index in [2.05, 4.69) is 10.3 Å². The number of aromatic carboxylic acids is 1. The van der Waals surface area contributed by atoms with Gasteiger partial charge in [-0.1, -0.05) is 0 Å². The predicted octanol–water partition coefficient (Wildman–Crippen LogP) is 1.49. The molecule has 2 amide bonds. The Balaban J connectivity index is 1.87. The summed E-state index contributed by atoms with van der Waals surface area (Å²) in [6.45, 7) is 3.04. The van der Waals surface area contributed by atoms with Gasteiger partial charge in [0.25, 0.3) is 0 Å². The molecule has 1 fully saturated rings.